The van der Waals surface area contributed by atoms with Crippen LogP contribution in [0.2, 0.25) is 0 Å². The quantitative estimate of drug-likeness (QED) is 0.420. The number of carbonyl (C=O) groups excluding carboxylic acids is 1. The van der Waals surface area contributed by atoms with Crippen molar-refractivity contribution >= 4 is 22.8 Å². The molecule has 3 heterocycles. The van der Waals surface area contributed by atoms with Crippen molar-refractivity contribution in [1.82, 2.24) is 29.6 Å². The second kappa shape index (κ2) is 7.32. The SMILES string of the molecule is COC(=O)Cc1nn(-c2ccc(C)cc2)c2c1nnc1c(-c3ccc(C)cc3)cnn12. The van der Waals surface area contributed by atoms with Crippen LogP contribution in [0.4, 0.5) is 0 Å². The van der Waals surface area contributed by atoms with Crippen molar-refractivity contribution in [3.63, 3.8) is 0 Å². The maximum absolute atomic E-state index is 12.0. The Morgan fingerprint density at radius 3 is 2.32 bits per heavy atom. The van der Waals surface area contributed by atoms with E-state index in [4.69, 9.17) is 4.74 Å². The fraction of sp³-hybridized carbons (Fsp3) is 0.174. The molecule has 5 aromatic rings. The van der Waals surface area contributed by atoms with E-state index in [0.29, 0.717) is 22.5 Å². The molecule has 0 radical (unpaired) electrons. The predicted octanol–water partition coefficient (Wildman–Crippen LogP) is 3.46. The average Bonchev–Trinajstić information content (AvgIpc) is 3.36. The molecule has 0 aliphatic carbocycles. The van der Waals surface area contributed by atoms with E-state index >= 15 is 0 Å². The van der Waals surface area contributed by atoms with E-state index in [1.165, 1.54) is 12.7 Å². The van der Waals surface area contributed by atoms with Gasteiger partial charge in [0.1, 0.15) is 5.69 Å². The maximum Gasteiger partial charge on any atom is 0.311 e. The van der Waals surface area contributed by atoms with Crippen LogP contribution < -0.4 is 0 Å². The lowest BCUT2D eigenvalue weighted by Gasteiger charge is -2.05. The predicted molar refractivity (Wildman–Crippen MR) is 116 cm³/mol. The highest BCUT2D eigenvalue weighted by Gasteiger charge is 2.22. The lowest BCUT2D eigenvalue weighted by molar-refractivity contribution is -0.139. The average molecular weight is 412 g/mol. The summed E-state index contributed by atoms with van der Waals surface area (Å²) in [6.07, 6.45) is 1.78. The third-order valence-electron chi connectivity index (χ3n) is 5.28. The maximum atomic E-state index is 12.0. The van der Waals surface area contributed by atoms with Crippen LogP contribution in [0, 0.1) is 13.8 Å². The van der Waals surface area contributed by atoms with Crippen molar-refractivity contribution in [1.29, 1.82) is 0 Å². The Balaban J connectivity index is 1.77. The monoisotopic (exact) mass is 412 g/mol. The molecule has 0 aliphatic rings. The molecule has 0 spiro atoms. The molecule has 154 valence electrons. The number of ether oxygens (including phenoxy) is 1. The molecular weight excluding hydrogens is 392 g/mol. The molecule has 3 aromatic heterocycles. The van der Waals surface area contributed by atoms with Gasteiger partial charge < -0.3 is 4.74 Å². The number of fused-ring (bicyclic) bond motifs is 3. The van der Waals surface area contributed by atoms with Gasteiger partial charge in [0.25, 0.3) is 0 Å². The third kappa shape index (κ3) is 3.22. The van der Waals surface area contributed by atoms with Gasteiger partial charge in [0.2, 0.25) is 0 Å². The van der Waals surface area contributed by atoms with Crippen LogP contribution in [0.5, 0.6) is 0 Å². The minimum atomic E-state index is -0.391. The van der Waals surface area contributed by atoms with Crippen LogP contribution in [-0.2, 0) is 16.0 Å². The van der Waals surface area contributed by atoms with E-state index in [1.54, 1.807) is 15.4 Å². The molecule has 0 saturated carbocycles. The van der Waals surface area contributed by atoms with Gasteiger partial charge in [0.15, 0.2) is 16.8 Å². The second-order valence-corrected chi connectivity index (χ2v) is 7.48. The first kappa shape index (κ1) is 18.9. The Morgan fingerprint density at radius 2 is 1.65 bits per heavy atom. The zero-order valence-electron chi connectivity index (χ0n) is 17.4. The van der Waals surface area contributed by atoms with E-state index in [-0.39, 0.29) is 6.42 Å². The third-order valence-corrected chi connectivity index (χ3v) is 5.28. The number of carbonyl (C=O) groups is 1. The minimum Gasteiger partial charge on any atom is -0.469 e. The summed E-state index contributed by atoms with van der Waals surface area (Å²) in [4.78, 5) is 12.0. The molecule has 0 unspecified atom stereocenters. The molecule has 0 amide bonds. The first-order chi connectivity index (χ1) is 15.0. The molecule has 8 nitrogen and oxygen atoms in total. The van der Waals surface area contributed by atoms with Gasteiger partial charge in [0.05, 0.1) is 25.4 Å². The zero-order chi connectivity index (χ0) is 21.5. The molecule has 0 bridgehead atoms. The Kier molecular flexibility index (Phi) is 4.47. The van der Waals surface area contributed by atoms with Crippen molar-refractivity contribution in [2.45, 2.75) is 20.3 Å². The topological polar surface area (TPSA) is 87.2 Å². The van der Waals surface area contributed by atoms with Crippen LogP contribution in [0.15, 0.2) is 54.7 Å². The normalized spacial score (nSPS) is 11.3. The van der Waals surface area contributed by atoms with Crippen LogP contribution in [0.3, 0.4) is 0 Å². The zero-order valence-corrected chi connectivity index (χ0v) is 17.4. The number of hydrogen-bond acceptors (Lipinski definition) is 6. The van der Waals surface area contributed by atoms with Crippen molar-refractivity contribution in [3.8, 4) is 16.8 Å². The van der Waals surface area contributed by atoms with Gasteiger partial charge in [-0.15, -0.1) is 10.2 Å². The molecule has 0 aliphatic heterocycles. The van der Waals surface area contributed by atoms with E-state index in [1.807, 2.05) is 50.2 Å². The molecule has 0 atom stereocenters. The van der Waals surface area contributed by atoms with Crippen LogP contribution in [0.25, 0.3) is 33.6 Å². The van der Waals surface area contributed by atoms with Gasteiger partial charge in [-0.3, -0.25) is 4.79 Å². The molecule has 0 N–H and O–H groups in total. The largest absolute Gasteiger partial charge is 0.469 e. The Hall–Kier alpha value is -4.07. The van der Waals surface area contributed by atoms with Crippen molar-refractivity contribution in [2.24, 2.45) is 0 Å². The number of rotatable bonds is 4. The lowest BCUT2D eigenvalue weighted by atomic mass is 10.1. The molecule has 2 aromatic carbocycles. The Bertz CT molecular complexity index is 1420. The van der Waals surface area contributed by atoms with Gasteiger partial charge >= 0.3 is 5.97 Å². The Labute approximate surface area is 178 Å². The van der Waals surface area contributed by atoms with Gasteiger partial charge in [-0.2, -0.15) is 14.7 Å². The van der Waals surface area contributed by atoms with Crippen molar-refractivity contribution in [3.05, 3.63) is 71.5 Å². The molecule has 8 heteroatoms. The number of methoxy groups -OCH3 is 1. The van der Waals surface area contributed by atoms with Crippen LogP contribution in [-0.4, -0.2) is 42.7 Å². The molecule has 0 saturated heterocycles. The molecule has 0 fully saturated rings. The number of nitrogens with zero attached hydrogens (tertiary/aromatic N) is 6. The van der Waals surface area contributed by atoms with Gasteiger partial charge in [-0.1, -0.05) is 47.5 Å². The number of benzene rings is 2. The second-order valence-electron chi connectivity index (χ2n) is 7.48. The molecular formula is C23H20N6O2. The smallest absolute Gasteiger partial charge is 0.311 e. The highest BCUT2D eigenvalue weighted by atomic mass is 16.5. The summed E-state index contributed by atoms with van der Waals surface area (Å²) in [6.45, 7) is 4.07. The first-order valence-electron chi connectivity index (χ1n) is 9.88. The van der Waals surface area contributed by atoms with Crippen molar-refractivity contribution in [2.75, 3.05) is 7.11 Å². The molecule has 31 heavy (non-hydrogen) atoms. The van der Waals surface area contributed by atoms with Crippen molar-refractivity contribution < 1.29 is 9.53 Å². The van der Waals surface area contributed by atoms with Gasteiger partial charge in [-0.25, -0.2) is 4.68 Å². The summed E-state index contributed by atoms with van der Waals surface area (Å²) in [5.41, 5.74) is 7.31. The van der Waals surface area contributed by atoms with E-state index < -0.39 is 5.97 Å². The summed E-state index contributed by atoms with van der Waals surface area (Å²) in [5, 5.41) is 18.1. The Morgan fingerprint density at radius 1 is 0.968 bits per heavy atom. The number of aromatic nitrogens is 6. The van der Waals surface area contributed by atoms with Gasteiger partial charge in [-0.05, 0) is 31.5 Å². The standard InChI is InChI=1S/C23H20N6O2/c1-14-4-8-16(9-5-14)18-13-24-29-22(18)26-25-21-19(12-20(30)31-3)27-28(23(21)29)17-10-6-15(2)7-11-17/h4-11,13H,12H2,1-3H3. The summed E-state index contributed by atoms with van der Waals surface area (Å²) < 4.78 is 8.31. The highest BCUT2D eigenvalue weighted by molar-refractivity contribution is 5.85. The minimum absolute atomic E-state index is 0.00185. The first-order valence-corrected chi connectivity index (χ1v) is 9.88. The number of esters is 1. The summed E-state index contributed by atoms with van der Waals surface area (Å²) in [6, 6.07) is 16.1. The molecule has 5 rings (SSSR count). The number of hydrogen-bond donors (Lipinski definition) is 0. The summed E-state index contributed by atoms with van der Waals surface area (Å²) >= 11 is 0. The van der Waals surface area contributed by atoms with Crippen LogP contribution >= 0.6 is 0 Å². The van der Waals surface area contributed by atoms with E-state index in [9.17, 15) is 4.79 Å². The summed E-state index contributed by atoms with van der Waals surface area (Å²) in [7, 11) is 1.35. The highest BCUT2D eigenvalue weighted by Crippen LogP contribution is 2.27. The van der Waals surface area contributed by atoms with Gasteiger partial charge in [0, 0.05) is 5.56 Å². The lowest BCUT2D eigenvalue weighted by Crippen LogP contribution is -2.06. The fourth-order valence-electron chi connectivity index (χ4n) is 3.56. The van der Waals surface area contributed by atoms with E-state index in [2.05, 4.69) is 32.5 Å². The van der Waals surface area contributed by atoms with E-state index in [0.717, 1.165) is 22.4 Å². The fourth-order valence-corrected chi connectivity index (χ4v) is 3.56. The summed E-state index contributed by atoms with van der Waals surface area (Å²) in [5.74, 6) is -0.391. The van der Waals surface area contributed by atoms with Crippen LogP contribution in [0.1, 0.15) is 16.8 Å². The number of aryl methyl sites for hydroxylation is 2.